The van der Waals surface area contributed by atoms with Crippen LogP contribution in [0, 0.1) is 12.7 Å². The smallest absolute Gasteiger partial charge is 0.229 e. The largest absolute Gasteiger partial charge is 0.478 e. The lowest BCUT2D eigenvalue weighted by Gasteiger charge is -2.44. The summed E-state index contributed by atoms with van der Waals surface area (Å²) in [6.45, 7) is 4.44. The Hall–Kier alpha value is -2.21. The zero-order valence-electron chi connectivity index (χ0n) is 15.2. The van der Waals surface area contributed by atoms with Crippen LogP contribution >= 0.6 is 0 Å². The minimum absolute atomic E-state index is 0.167. The van der Waals surface area contributed by atoms with Gasteiger partial charge in [-0.15, -0.1) is 0 Å². The van der Waals surface area contributed by atoms with Crippen LogP contribution in [0.25, 0.3) is 0 Å². The van der Waals surface area contributed by atoms with Gasteiger partial charge in [0.25, 0.3) is 0 Å². The van der Waals surface area contributed by atoms with E-state index in [9.17, 15) is 9.50 Å². The number of fused-ring (bicyclic) bond motifs is 2. The van der Waals surface area contributed by atoms with E-state index in [4.69, 9.17) is 4.74 Å². The zero-order valence-corrected chi connectivity index (χ0v) is 15.2. The van der Waals surface area contributed by atoms with Crippen LogP contribution in [0.2, 0.25) is 0 Å². The van der Waals surface area contributed by atoms with Gasteiger partial charge in [0.2, 0.25) is 11.8 Å². The summed E-state index contributed by atoms with van der Waals surface area (Å²) >= 11 is 0. The lowest BCUT2D eigenvalue weighted by atomic mass is 9.80. The summed E-state index contributed by atoms with van der Waals surface area (Å²) < 4.78 is 18.8. The van der Waals surface area contributed by atoms with Gasteiger partial charge in [0.15, 0.2) is 0 Å². The van der Waals surface area contributed by atoms with Crippen molar-refractivity contribution >= 4 is 5.95 Å². The lowest BCUT2D eigenvalue weighted by molar-refractivity contribution is -0.00343. The number of hydrogen-bond donors (Lipinski definition) is 1. The van der Waals surface area contributed by atoms with Crippen LogP contribution in [0.15, 0.2) is 30.3 Å². The normalized spacial score (nSPS) is 27.6. The highest BCUT2D eigenvalue weighted by Gasteiger charge is 2.49. The van der Waals surface area contributed by atoms with Crippen LogP contribution in [0.4, 0.5) is 10.3 Å². The number of rotatable bonds is 4. The molecule has 5 nitrogen and oxygen atoms in total. The molecule has 0 aliphatic carbocycles. The molecule has 138 valence electrons. The van der Waals surface area contributed by atoms with Gasteiger partial charge in [-0.2, -0.15) is 4.98 Å². The Kier molecular flexibility index (Phi) is 4.31. The van der Waals surface area contributed by atoms with Crippen LogP contribution in [0.3, 0.4) is 0 Å². The van der Waals surface area contributed by atoms with Crippen molar-refractivity contribution in [3.8, 4) is 5.88 Å². The number of nitrogens with zero attached hydrogens (tertiary/aromatic N) is 3. The molecule has 1 N–H and O–H groups in total. The molecule has 0 amide bonds. The second-order valence-corrected chi connectivity index (χ2v) is 7.32. The molecule has 3 heterocycles. The SMILES string of the molecule is CCOc1cc(C)nc(N2C3CCC2CC(O)(c2ccc(F)cc2)C3)n1. The fraction of sp³-hybridized carbons (Fsp3) is 0.500. The van der Waals surface area contributed by atoms with Crippen LogP contribution < -0.4 is 9.64 Å². The van der Waals surface area contributed by atoms with Crippen LogP contribution in [0.5, 0.6) is 5.88 Å². The molecule has 0 radical (unpaired) electrons. The molecule has 0 spiro atoms. The van der Waals surface area contributed by atoms with E-state index in [2.05, 4.69) is 14.9 Å². The molecule has 2 fully saturated rings. The number of aromatic nitrogens is 2. The number of aliphatic hydroxyl groups is 1. The van der Waals surface area contributed by atoms with Crippen molar-refractivity contribution in [2.75, 3.05) is 11.5 Å². The van der Waals surface area contributed by atoms with Crippen LogP contribution in [0.1, 0.15) is 43.9 Å². The van der Waals surface area contributed by atoms with E-state index in [-0.39, 0.29) is 17.9 Å². The highest BCUT2D eigenvalue weighted by atomic mass is 19.1. The first-order valence-corrected chi connectivity index (χ1v) is 9.24. The Morgan fingerprint density at radius 2 is 1.85 bits per heavy atom. The molecular formula is C20H24FN3O2. The predicted octanol–water partition coefficient (Wildman–Crippen LogP) is 3.34. The van der Waals surface area contributed by atoms with Crippen molar-refractivity contribution in [3.05, 3.63) is 47.4 Å². The number of ether oxygens (including phenoxy) is 1. The quantitative estimate of drug-likeness (QED) is 0.909. The second-order valence-electron chi connectivity index (χ2n) is 7.32. The third-order valence-electron chi connectivity index (χ3n) is 5.49. The maximum atomic E-state index is 13.2. The number of halogens is 1. The number of anilines is 1. The van der Waals surface area contributed by atoms with Gasteiger partial charge in [0.1, 0.15) is 5.82 Å². The first-order chi connectivity index (χ1) is 12.5. The summed E-state index contributed by atoms with van der Waals surface area (Å²) in [6, 6.07) is 8.40. The molecule has 2 aromatic rings. The Morgan fingerprint density at radius 3 is 2.46 bits per heavy atom. The number of aryl methyl sites for hydroxylation is 1. The standard InChI is InChI=1S/C20H24FN3O2/c1-3-26-18-10-13(2)22-19(23-18)24-16-8-9-17(24)12-20(25,11-16)14-4-6-15(21)7-5-14/h4-7,10,16-17,25H,3,8-9,11-12H2,1-2H3. The monoisotopic (exact) mass is 357 g/mol. The van der Waals surface area contributed by atoms with Crippen LogP contribution in [-0.4, -0.2) is 33.8 Å². The second kappa shape index (κ2) is 6.50. The molecule has 2 aliphatic heterocycles. The maximum absolute atomic E-state index is 13.2. The molecule has 2 unspecified atom stereocenters. The van der Waals surface area contributed by atoms with Gasteiger partial charge in [-0.1, -0.05) is 12.1 Å². The van der Waals surface area contributed by atoms with Gasteiger partial charge >= 0.3 is 0 Å². The number of piperidine rings is 1. The number of benzene rings is 1. The molecule has 2 saturated heterocycles. The Bertz CT molecular complexity index is 782. The Morgan fingerprint density at radius 1 is 1.19 bits per heavy atom. The average Bonchev–Trinajstić information content (AvgIpc) is 2.87. The molecule has 6 heteroatoms. The van der Waals surface area contributed by atoms with Gasteiger partial charge in [0.05, 0.1) is 12.2 Å². The molecule has 1 aromatic carbocycles. The third-order valence-corrected chi connectivity index (χ3v) is 5.49. The summed E-state index contributed by atoms with van der Waals surface area (Å²) in [5.74, 6) is 0.991. The average molecular weight is 357 g/mol. The molecule has 2 aliphatic rings. The molecule has 4 rings (SSSR count). The summed E-state index contributed by atoms with van der Waals surface area (Å²) in [5, 5.41) is 11.3. The molecule has 26 heavy (non-hydrogen) atoms. The predicted molar refractivity (Wildman–Crippen MR) is 96.8 cm³/mol. The van der Waals surface area contributed by atoms with Gasteiger partial charge in [-0.25, -0.2) is 9.37 Å². The van der Waals surface area contributed by atoms with Crippen molar-refractivity contribution in [1.82, 2.24) is 9.97 Å². The van der Waals surface area contributed by atoms with Gasteiger partial charge in [-0.3, -0.25) is 0 Å². The number of hydrogen-bond acceptors (Lipinski definition) is 5. The fourth-order valence-electron chi connectivity index (χ4n) is 4.41. The molecule has 0 saturated carbocycles. The molecular weight excluding hydrogens is 333 g/mol. The van der Waals surface area contributed by atoms with E-state index >= 15 is 0 Å². The van der Waals surface area contributed by atoms with Crippen molar-refractivity contribution in [2.45, 2.75) is 57.2 Å². The lowest BCUT2D eigenvalue weighted by Crippen LogP contribution is -2.50. The van der Waals surface area contributed by atoms with Crippen molar-refractivity contribution in [3.63, 3.8) is 0 Å². The Labute approximate surface area is 152 Å². The van der Waals surface area contributed by atoms with E-state index in [1.54, 1.807) is 12.1 Å². The minimum atomic E-state index is -0.928. The highest BCUT2D eigenvalue weighted by molar-refractivity contribution is 5.42. The zero-order chi connectivity index (χ0) is 18.3. The van der Waals surface area contributed by atoms with Crippen LogP contribution in [-0.2, 0) is 5.60 Å². The van der Waals surface area contributed by atoms with Gasteiger partial charge < -0.3 is 14.7 Å². The molecule has 1 aromatic heterocycles. The first-order valence-electron chi connectivity index (χ1n) is 9.24. The highest BCUT2D eigenvalue weighted by Crippen LogP contribution is 2.46. The van der Waals surface area contributed by atoms with E-state index in [0.717, 1.165) is 24.1 Å². The minimum Gasteiger partial charge on any atom is -0.478 e. The molecule has 2 bridgehead atoms. The summed E-state index contributed by atoms with van der Waals surface area (Å²) in [6.07, 6.45) is 3.18. The maximum Gasteiger partial charge on any atom is 0.229 e. The third kappa shape index (κ3) is 3.03. The summed E-state index contributed by atoms with van der Waals surface area (Å²) in [5.41, 5.74) is 0.732. The van der Waals surface area contributed by atoms with E-state index in [1.165, 1.54) is 12.1 Å². The van der Waals surface area contributed by atoms with Gasteiger partial charge in [-0.05, 0) is 44.4 Å². The topological polar surface area (TPSA) is 58.5 Å². The van der Waals surface area contributed by atoms with Gasteiger partial charge in [0, 0.05) is 36.7 Å². The summed E-state index contributed by atoms with van der Waals surface area (Å²) in [4.78, 5) is 11.4. The first kappa shape index (κ1) is 17.2. The Balaban J connectivity index is 1.62. The van der Waals surface area contributed by atoms with E-state index in [0.29, 0.717) is 31.3 Å². The van der Waals surface area contributed by atoms with E-state index < -0.39 is 5.60 Å². The van der Waals surface area contributed by atoms with Crippen molar-refractivity contribution in [1.29, 1.82) is 0 Å². The van der Waals surface area contributed by atoms with Crippen molar-refractivity contribution in [2.24, 2.45) is 0 Å². The molecule has 2 atom stereocenters. The fourth-order valence-corrected chi connectivity index (χ4v) is 4.41. The summed E-state index contributed by atoms with van der Waals surface area (Å²) in [7, 11) is 0. The van der Waals surface area contributed by atoms with E-state index in [1.807, 2.05) is 19.9 Å². The van der Waals surface area contributed by atoms with Crippen molar-refractivity contribution < 1.29 is 14.2 Å².